The van der Waals surface area contributed by atoms with Gasteiger partial charge in [0.1, 0.15) is 22.8 Å². The smallest absolute Gasteiger partial charge is 0.271 e. The number of nitrogens with one attached hydrogen (secondary N) is 1. The molecule has 5 rings (SSSR count). The van der Waals surface area contributed by atoms with Crippen LogP contribution < -0.4 is 9.80 Å². The molecule has 1 fully saturated rings. The minimum atomic E-state index is -0.210. The Balaban J connectivity index is 1.26. The van der Waals surface area contributed by atoms with Crippen LogP contribution in [0.25, 0.3) is 22.7 Å². The number of rotatable bonds is 5. The summed E-state index contributed by atoms with van der Waals surface area (Å²) in [6, 6.07) is 16.5. The number of piperazine rings is 1. The van der Waals surface area contributed by atoms with Crippen LogP contribution in [0.3, 0.4) is 0 Å². The fraction of sp³-hybridized carbons (Fsp3) is 0.261. The Bertz CT molecular complexity index is 1150. The topological polar surface area (TPSA) is 72.6 Å². The van der Waals surface area contributed by atoms with Crippen LogP contribution in [0.2, 0.25) is 0 Å². The van der Waals surface area contributed by atoms with Crippen LogP contribution in [0.5, 0.6) is 0 Å². The van der Waals surface area contributed by atoms with Gasteiger partial charge < -0.3 is 18.7 Å². The summed E-state index contributed by atoms with van der Waals surface area (Å²) < 4.78 is 24.6. The van der Waals surface area contributed by atoms with Crippen LogP contribution in [-0.4, -0.2) is 41.5 Å². The number of anilines is 1. The second-order valence-corrected chi connectivity index (χ2v) is 7.72. The maximum absolute atomic E-state index is 13.2. The van der Waals surface area contributed by atoms with Gasteiger partial charge in [-0.1, -0.05) is 35.5 Å². The highest BCUT2D eigenvalue weighted by molar-refractivity contribution is 5.77. The van der Waals surface area contributed by atoms with Crippen LogP contribution >= 0.6 is 0 Å². The number of halogens is 1. The van der Waals surface area contributed by atoms with Crippen molar-refractivity contribution < 1.29 is 18.2 Å². The molecular weight excluding hydrogens is 397 g/mol. The normalized spacial score (nSPS) is 14.8. The van der Waals surface area contributed by atoms with Crippen molar-refractivity contribution in [3.63, 3.8) is 0 Å². The molecule has 3 heterocycles. The van der Waals surface area contributed by atoms with Gasteiger partial charge in [-0.2, -0.15) is 0 Å². The monoisotopic (exact) mass is 420 g/mol. The fourth-order valence-electron chi connectivity index (χ4n) is 3.97. The van der Waals surface area contributed by atoms with E-state index in [0.29, 0.717) is 29.8 Å². The minimum absolute atomic E-state index is 0.210. The van der Waals surface area contributed by atoms with Crippen LogP contribution in [0.1, 0.15) is 11.7 Å². The molecule has 158 valence electrons. The van der Waals surface area contributed by atoms with Crippen molar-refractivity contribution in [2.45, 2.75) is 13.5 Å². The van der Waals surface area contributed by atoms with Crippen LogP contribution in [0, 0.1) is 12.7 Å². The summed E-state index contributed by atoms with van der Waals surface area (Å²) in [4.78, 5) is 3.65. The molecule has 4 aromatic rings. The van der Waals surface area contributed by atoms with Crippen LogP contribution in [0.4, 0.5) is 10.1 Å². The average Bonchev–Trinajstić information content (AvgIpc) is 3.41. The van der Waals surface area contributed by atoms with Crippen molar-refractivity contribution in [1.29, 1.82) is 0 Å². The van der Waals surface area contributed by atoms with E-state index in [1.165, 1.54) is 17.0 Å². The van der Waals surface area contributed by atoms with Gasteiger partial charge in [0.2, 0.25) is 0 Å². The lowest BCUT2D eigenvalue weighted by molar-refractivity contribution is -0.915. The summed E-state index contributed by atoms with van der Waals surface area (Å²) >= 11 is 0. The van der Waals surface area contributed by atoms with Gasteiger partial charge in [0, 0.05) is 11.3 Å². The first-order valence-electron chi connectivity index (χ1n) is 10.4. The van der Waals surface area contributed by atoms with Crippen molar-refractivity contribution in [2.24, 2.45) is 0 Å². The Morgan fingerprint density at radius 2 is 1.74 bits per heavy atom. The average molecular weight is 420 g/mol. The molecule has 7 nitrogen and oxygen atoms in total. The summed E-state index contributed by atoms with van der Waals surface area (Å²) in [5.41, 5.74) is 3.43. The summed E-state index contributed by atoms with van der Waals surface area (Å²) in [6.45, 7) is 6.18. The fourth-order valence-corrected chi connectivity index (χ4v) is 3.97. The molecule has 0 amide bonds. The van der Waals surface area contributed by atoms with E-state index in [2.05, 4.69) is 20.3 Å². The molecule has 0 unspecified atom stereocenters. The molecule has 1 aliphatic heterocycles. The molecular formula is C23H23FN5O2+. The number of nitrogens with zero attached hydrogens (tertiary/aromatic N) is 4. The number of aromatic nitrogens is 3. The van der Waals surface area contributed by atoms with Gasteiger partial charge in [0.15, 0.2) is 6.54 Å². The standard InChI is InChI=1S/C23H22FN5O2/c1-16-21(22(27-31-16)17-5-3-2-4-6-17)23-26-25-20(30-23)15-28-11-13-29(14-12-28)19-9-7-18(24)8-10-19/h2-10H,11-15H2,1H3/p+1. The first-order valence-corrected chi connectivity index (χ1v) is 10.4. The van der Waals surface area contributed by atoms with Gasteiger partial charge >= 0.3 is 0 Å². The third kappa shape index (κ3) is 4.06. The van der Waals surface area contributed by atoms with Gasteiger partial charge in [-0.15, -0.1) is 10.2 Å². The van der Waals surface area contributed by atoms with Gasteiger partial charge in [0.05, 0.1) is 26.2 Å². The maximum Gasteiger partial charge on any atom is 0.271 e. The Hall–Kier alpha value is -3.52. The molecule has 1 aliphatic rings. The van der Waals surface area contributed by atoms with Crippen molar-refractivity contribution in [3.05, 3.63) is 72.1 Å². The summed E-state index contributed by atoms with van der Waals surface area (Å²) in [5.74, 6) is 1.46. The first-order chi connectivity index (χ1) is 15.2. The van der Waals surface area contributed by atoms with E-state index in [0.717, 1.165) is 43.0 Å². The molecule has 0 saturated carbocycles. The van der Waals surface area contributed by atoms with E-state index in [4.69, 9.17) is 8.94 Å². The molecule has 0 spiro atoms. The molecule has 8 heteroatoms. The van der Waals surface area contributed by atoms with Crippen molar-refractivity contribution in [2.75, 3.05) is 31.1 Å². The Labute approximate surface area is 179 Å². The predicted octanol–water partition coefficient (Wildman–Crippen LogP) is 2.74. The highest BCUT2D eigenvalue weighted by Gasteiger charge is 2.25. The molecule has 1 saturated heterocycles. The van der Waals surface area contributed by atoms with E-state index >= 15 is 0 Å². The van der Waals surface area contributed by atoms with Gasteiger partial charge in [0.25, 0.3) is 11.8 Å². The van der Waals surface area contributed by atoms with Crippen molar-refractivity contribution in [3.8, 4) is 22.7 Å². The number of aryl methyl sites for hydroxylation is 1. The minimum Gasteiger partial charge on any atom is -0.415 e. The third-order valence-corrected chi connectivity index (χ3v) is 5.65. The molecule has 2 aromatic carbocycles. The van der Waals surface area contributed by atoms with Crippen LogP contribution in [-0.2, 0) is 6.54 Å². The number of hydrogen-bond donors (Lipinski definition) is 1. The Morgan fingerprint density at radius 3 is 2.48 bits per heavy atom. The predicted molar refractivity (Wildman–Crippen MR) is 113 cm³/mol. The molecule has 2 aromatic heterocycles. The number of benzene rings is 2. The van der Waals surface area contributed by atoms with Gasteiger partial charge in [-0.25, -0.2) is 4.39 Å². The summed E-state index contributed by atoms with van der Waals surface area (Å²) in [7, 11) is 0. The zero-order chi connectivity index (χ0) is 21.2. The molecule has 31 heavy (non-hydrogen) atoms. The van der Waals surface area contributed by atoms with Gasteiger partial charge in [-0.05, 0) is 31.2 Å². The van der Waals surface area contributed by atoms with E-state index in [-0.39, 0.29) is 5.82 Å². The van der Waals surface area contributed by atoms with Crippen molar-refractivity contribution >= 4 is 5.69 Å². The highest BCUT2D eigenvalue weighted by atomic mass is 19.1. The van der Waals surface area contributed by atoms with E-state index in [9.17, 15) is 4.39 Å². The van der Waals surface area contributed by atoms with Crippen molar-refractivity contribution in [1.82, 2.24) is 15.4 Å². The third-order valence-electron chi connectivity index (χ3n) is 5.65. The molecule has 0 aliphatic carbocycles. The quantitative estimate of drug-likeness (QED) is 0.535. The highest BCUT2D eigenvalue weighted by Crippen LogP contribution is 2.33. The van der Waals surface area contributed by atoms with Gasteiger partial charge in [-0.3, -0.25) is 0 Å². The zero-order valence-corrected chi connectivity index (χ0v) is 17.2. The lowest BCUT2D eigenvalue weighted by Gasteiger charge is -2.33. The first kappa shape index (κ1) is 19.4. The second-order valence-electron chi connectivity index (χ2n) is 7.72. The lowest BCUT2D eigenvalue weighted by Crippen LogP contribution is -3.13. The molecule has 1 N–H and O–H groups in total. The Morgan fingerprint density at radius 1 is 1.00 bits per heavy atom. The molecule has 0 bridgehead atoms. The molecule has 0 atom stereocenters. The summed E-state index contributed by atoms with van der Waals surface area (Å²) in [5, 5.41) is 12.7. The number of quaternary nitrogens is 1. The summed E-state index contributed by atoms with van der Waals surface area (Å²) in [6.07, 6.45) is 0. The number of hydrogen-bond acceptors (Lipinski definition) is 6. The Kier molecular flexibility index (Phi) is 5.21. The SMILES string of the molecule is Cc1onc(-c2ccccc2)c1-c1nnc(C[NH+]2CCN(c3ccc(F)cc3)CC2)o1. The van der Waals surface area contributed by atoms with E-state index in [1.54, 1.807) is 0 Å². The molecule has 0 radical (unpaired) electrons. The zero-order valence-electron chi connectivity index (χ0n) is 17.2. The maximum atomic E-state index is 13.2. The lowest BCUT2D eigenvalue weighted by atomic mass is 10.1. The van der Waals surface area contributed by atoms with E-state index in [1.807, 2.05) is 49.4 Å². The van der Waals surface area contributed by atoms with Crippen LogP contribution in [0.15, 0.2) is 63.5 Å². The largest absolute Gasteiger partial charge is 0.415 e. The van der Waals surface area contributed by atoms with E-state index < -0.39 is 0 Å². The second kappa shape index (κ2) is 8.31.